The lowest BCUT2D eigenvalue weighted by Gasteiger charge is -2.16. The Morgan fingerprint density at radius 3 is 3.00 bits per heavy atom. The molecule has 2 aromatic rings. The topological polar surface area (TPSA) is 29.1 Å². The number of fused-ring (bicyclic) bond motifs is 1. The largest absolute Gasteiger partial charge is 0.320 e. The van der Waals surface area contributed by atoms with E-state index in [4.69, 9.17) is 0 Å². The number of hydrogen-bond acceptors (Lipinski definition) is 3. The molecule has 1 amide bonds. The molecule has 0 spiro atoms. The van der Waals surface area contributed by atoms with E-state index in [1.807, 2.05) is 30.5 Å². The lowest BCUT2D eigenvalue weighted by molar-refractivity contribution is 0.103. The van der Waals surface area contributed by atoms with Crippen LogP contribution in [0.4, 0.5) is 5.69 Å². The summed E-state index contributed by atoms with van der Waals surface area (Å²) in [6.07, 6.45) is 5.50. The molecule has 3 rings (SSSR count). The molecule has 0 saturated carbocycles. The molecule has 2 nitrogen and oxygen atoms in total. The first-order valence-corrected chi connectivity index (χ1v) is 9.27. The summed E-state index contributed by atoms with van der Waals surface area (Å²) >= 11 is 3.31. The minimum atomic E-state index is 0.0172. The van der Waals surface area contributed by atoms with Crippen LogP contribution in [-0.2, 0) is 12.8 Å². The number of hydrogen-bond donors (Lipinski definition) is 1. The highest BCUT2D eigenvalue weighted by Crippen LogP contribution is 2.33. The van der Waals surface area contributed by atoms with Crippen LogP contribution >= 0.6 is 23.1 Å². The highest BCUT2D eigenvalue weighted by atomic mass is 32.2. The zero-order valence-corrected chi connectivity index (χ0v) is 13.9. The van der Waals surface area contributed by atoms with Gasteiger partial charge in [0.25, 0.3) is 5.91 Å². The van der Waals surface area contributed by atoms with Crippen LogP contribution in [0.3, 0.4) is 0 Å². The molecule has 1 aliphatic rings. The van der Waals surface area contributed by atoms with Crippen LogP contribution < -0.4 is 5.32 Å². The van der Waals surface area contributed by atoms with Gasteiger partial charge in [0.15, 0.2) is 0 Å². The second kappa shape index (κ2) is 6.24. The molecule has 0 fully saturated rings. The van der Waals surface area contributed by atoms with Gasteiger partial charge in [-0.2, -0.15) is 0 Å². The van der Waals surface area contributed by atoms with Crippen molar-refractivity contribution < 1.29 is 4.79 Å². The normalized spacial score (nSPS) is 17.3. The Kier molecular flexibility index (Phi) is 4.36. The molecule has 21 heavy (non-hydrogen) atoms. The number of anilines is 1. The maximum Gasteiger partial charge on any atom is 0.265 e. The van der Waals surface area contributed by atoms with E-state index in [1.54, 1.807) is 23.1 Å². The van der Waals surface area contributed by atoms with Gasteiger partial charge in [0.05, 0.1) is 10.6 Å². The molecule has 110 valence electrons. The molecule has 0 aliphatic heterocycles. The van der Waals surface area contributed by atoms with Crippen molar-refractivity contribution in [3.05, 3.63) is 45.6 Å². The predicted molar refractivity (Wildman–Crippen MR) is 91.7 cm³/mol. The lowest BCUT2D eigenvalue weighted by atomic mass is 9.90. The number of thioether (sulfide) groups is 1. The van der Waals surface area contributed by atoms with E-state index < -0.39 is 0 Å². The fourth-order valence-corrected chi connectivity index (χ4v) is 4.41. The van der Waals surface area contributed by atoms with Crippen LogP contribution in [0.15, 0.2) is 35.2 Å². The van der Waals surface area contributed by atoms with Gasteiger partial charge < -0.3 is 5.32 Å². The summed E-state index contributed by atoms with van der Waals surface area (Å²) in [7, 11) is 0. The number of aryl methyl sites for hydroxylation is 1. The summed E-state index contributed by atoms with van der Waals surface area (Å²) in [4.78, 5) is 15.8. The Balaban J connectivity index is 1.80. The van der Waals surface area contributed by atoms with Gasteiger partial charge in [0.2, 0.25) is 0 Å². The lowest BCUT2D eigenvalue weighted by Crippen LogP contribution is -2.11. The first-order valence-electron chi connectivity index (χ1n) is 7.23. The number of para-hydroxylation sites is 1. The van der Waals surface area contributed by atoms with Gasteiger partial charge in [-0.3, -0.25) is 4.79 Å². The summed E-state index contributed by atoms with van der Waals surface area (Å²) in [5.74, 6) is 0.754. The van der Waals surface area contributed by atoms with E-state index in [1.165, 1.54) is 16.9 Å². The third kappa shape index (κ3) is 3.16. The van der Waals surface area contributed by atoms with Gasteiger partial charge in [-0.05, 0) is 55.2 Å². The van der Waals surface area contributed by atoms with E-state index in [-0.39, 0.29) is 5.91 Å². The maximum atomic E-state index is 12.5. The second-order valence-electron chi connectivity index (χ2n) is 5.56. The molecular weight excluding hydrogens is 298 g/mol. The zero-order chi connectivity index (χ0) is 14.8. The highest BCUT2D eigenvalue weighted by molar-refractivity contribution is 7.98. The highest BCUT2D eigenvalue weighted by Gasteiger charge is 2.21. The first kappa shape index (κ1) is 14.7. The quantitative estimate of drug-likeness (QED) is 0.820. The maximum absolute atomic E-state index is 12.5. The molecule has 1 aromatic heterocycles. The van der Waals surface area contributed by atoms with Crippen LogP contribution in [-0.4, -0.2) is 12.2 Å². The smallest absolute Gasteiger partial charge is 0.265 e. The van der Waals surface area contributed by atoms with Crippen molar-refractivity contribution in [1.29, 1.82) is 0 Å². The van der Waals surface area contributed by atoms with Gasteiger partial charge in [-0.25, -0.2) is 0 Å². The van der Waals surface area contributed by atoms with Crippen LogP contribution in [0.2, 0.25) is 0 Å². The monoisotopic (exact) mass is 317 g/mol. The standard InChI is InChI=1S/C17H19NOS2/c1-11-7-8-14-12(9-11)10-16(21-14)17(19)18-13-5-3-4-6-15(13)20-2/h3-6,10-11H,7-9H2,1-2H3,(H,18,19). The van der Waals surface area contributed by atoms with E-state index in [0.29, 0.717) is 0 Å². The summed E-state index contributed by atoms with van der Waals surface area (Å²) in [6.45, 7) is 2.29. The van der Waals surface area contributed by atoms with Crippen LogP contribution in [0.25, 0.3) is 0 Å². The number of thiophene rings is 1. The molecule has 0 bridgehead atoms. The average molecular weight is 317 g/mol. The number of nitrogens with one attached hydrogen (secondary N) is 1. The summed E-state index contributed by atoms with van der Waals surface area (Å²) in [5, 5.41) is 3.05. The predicted octanol–water partition coefficient (Wildman–Crippen LogP) is 4.85. The number of benzene rings is 1. The number of carbonyl (C=O) groups excluding carboxylic acids is 1. The summed E-state index contributed by atoms with van der Waals surface area (Å²) in [5.41, 5.74) is 2.27. The third-order valence-corrected chi connectivity index (χ3v) is 5.94. The fraction of sp³-hybridized carbons (Fsp3) is 0.353. The Morgan fingerprint density at radius 2 is 2.19 bits per heavy atom. The first-order chi connectivity index (χ1) is 10.2. The molecule has 1 heterocycles. The fourth-order valence-electron chi connectivity index (χ4n) is 2.75. The number of carbonyl (C=O) groups is 1. The van der Waals surface area contributed by atoms with Crippen molar-refractivity contribution in [3.8, 4) is 0 Å². The van der Waals surface area contributed by atoms with Gasteiger partial charge in [-0.1, -0.05) is 19.1 Å². The van der Waals surface area contributed by atoms with Crippen molar-refractivity contribution in [2.24, 2.45) is 5.92 Å². The molecule has 1 aliphatic carbocycles. The molecule has 0 saturated heterocycles. The summed E-state index contributed by atoms with van der Waals surface area (Å²) in [6, 6.07) is 10.0. The number of rotatable bonds is 3. The van der Waals surface area contributed by atoms with Crippen LogP contribution in [0.1, 0.15) is 33.5 Å². The Labute approximate surface area is 134 Å². The van der Waals surface area contributed by atoms with Gasteiger partial charge in [0.1, 0.15) is 0 Å². The Hall–Kier alpha value is -1.26. The molecule has 1 atom stereocenters. The van der Waals surface area contributed by atoms with E-state index in [0.717, 1.165) is 34.2 Å². The second-order valence-corrected chi connectivity index (χ2v) is 7.55. The Morgan fingerprint density at radius 1 is 1.38 bits per heavy atom. The Bertz CT molecular complexity index is 663. The van der Waals surface area contributed by atoms with Gasteiger partial charge in [0, 0.05) is 9.77 Å². The van der Waals surface area contributed by atoms with Crippen molar-refractivity contribution >= 4 is 34.7 Å². The van der Waals surface area contributed by atoms with Crippen LogP contribution in [0, 0.1) is 5.92 Å². The molecule has 0 radical (unpaired) electrons. The minimum absolute atomic E-state index is 0.0172. The van der Waals surface area contributed by atoms with Crippen molar-refractivity contribution in [3.63, 3.8) is 0 Å². The zero-order valence-electron chi connectivity index (χ0n) is 12.3. The van der Waals surface area contributed by atoms with Crippen molar-refractivity contribution in [2.45, 2.75) is 31.1 Å². The molecule has 1 unspecified atom stereocenters. The van der Waals surface area contributed by atoms with Crippen LogP contribution in [0.5, 0.6) is 0 Å². The minimum Gasteiger partial charge on any atom is -0.320 e. The SMILES string of the molecule is CSc1ccccc1NC(=O)c1cc2c(s1)CCC(C)C2. The van der Waals surface area contributed by atoms with E-state index >= 15 is 0 Å². The van der Waals surface area contributed by atoms with Gasteiger partial charge in [-0.15, -0.1) is 23.1 Å². The molecule has 4 heteroatoms. The third-order valence-electron chi connectivity index (χ3n) is 3.91. The van der Waals surface area contributed by atoms with Crippen molar-refractivity contribution in [1.82, 2.24) is 0 Å². The van der Waals surface area contributed by atoms with Gasteiger partial charge >= 0.3 is 0 Å². The number of amides is 1. The van der Waals surface area contributed by atoms with E-state index in [2.05, 4.69) is 18.3 Å². The molecule has 1 N–H and O–H groups in total. The van der Waals surface area contributed by atoms with E-state index in [9.17, 15) is 4.79 Å². The average Bonchev–Trinajstić information content (AvgIpc) is 2.91. The van der Waals surface area contributed by atoms with Crippen molar-refractivity contribution in [2.75, 3.05) is 11.6 Å². The molecule has 1 aromatic carbocycles. The summed E-state index contributed by atoms with van der Waals surface area (Å²) < 4.78 is 0. The molecular formula is C17H19NOS2.